The number of amides is 2. The molecule has 1 heterocycles. The molecular formula is C22H22ClN5O3S. The monoisotopic (exact) mass is 471 g/mol. The summed E-state index contributed by atoms with van der Waals surface area (Å²) in [4.78, 5) is 39.5. The Morgan fingerprint density at radius 3 is 2.41 bits per heavy atom. The highest BCUT2D eigenvalue weighted by molar-refractivity contribution is 8.00. The Hall–Kier alpha value is -3.17. The van der Waals surface area contributed by atoms with Crippen molar-refractivity contribution in [2.45, 2.75) is 38.1 Å². The number of hydrogen-bond acceptors (Lipinski definition) is 6. The molecule has 32 heavy (non-hydrogen) atoms. The van der Waals surface area contributed by atoms with Gasteiger partial charge in [-0.3, -0.25) is 19.4 Å². The number of halogens is 1. The first-order valence-electron chi connectivity index (χ1n) is 9.73. The van der Waals surface area contributed by atoms with Gasteiger partial charge in [-0.15, -0.1) is 10.2 Å². The molecule has 0 saturated heterocycles. The van der Waals surface area contributed by atoms with E-state index in [1.807, 2.05) is 19.9 Å². The van der Waals surface area contributed by atoms with Crippen molar-refractivity contribution < 1.29 is 9.59 Å². The van der Waals surface area contributed by atoms with E-state index in [-0.39, 0.29) is 22.7 Å². The number of nitrogens with one attached hydrogen (secondary N) is 3. The quantitative estimate of drug-likeness (QED) is 0.464. The van der Waals surface area contributed by atoms with E-state index in [1.165, 1.54) is 6.92 Å². The summed E-state index contributed by atoms with van der Waals surface area (Å²) < 4.78 is 0. The van der Waals surface area contributed by atoms with Crippen molar-refractivity contribution in [2.24, 2.45) is 0 Å². The van der Waals surface area contributed by atoms with Crippen molar-refractivity contribution in [1.29, 1.82) is 0 Å². The fourth-order valence-corrected chi connectivity index (χ4v) is 3.91. The molecule has 0 aliphatic rings. The molecule has 2 amide bonds. The third kappa shape index (κ3) is 5.74. The molecule has 0 spiro atoms. The van der Waals surface area contributed by atoms with Crippen molar-refractivity contribution >= 4 is 46.6 Å². The molecule has 3 rings (SSSR count). The number of carbonyl (C=O) groups is 2. The number of rotatable bonds is 6. The number of aromatic amines is 1. The first-order valence-corrected chi connectivity index (χ1v) is 11.0. The molecule has 0 aliphatic carbocycles. The van der Waals surface area contributed by atoms with Gasteiger partial charge in [0.15, 0.2) is 10.9 Å². The van der Waals surface area contributed by atoms with Gasteiger partial charge in [-0.1, -0.05) is 35.0 Å². The standard InChI is InChI=1S/C22H22ClN5O3S/c1-11-9-12(2)18(24-14(4)29)17(10-11)19-21(31)26-22(28-27-19)32-13(3)20(30)25-16-7-5-15(23)6-8-16/h5-10,13H,1-4H3,(H,24,29)(H,25,30)(H,26,28,31)/t13-/m1/s1. The van der Waals surface area contributed by atoms with E-state index >= 15 is 0 Å². The van der Waals surface area contributed by atoms with Crippen LogP contribution in [0.3, 0.4) is 0 Å². The summed E-state index contributed by atoms with van der Waals surface area (Å²) >= 11 is 6.93. The lowest BCUT2D eigenvalue weighted by Gasteiger charge is -2.14. The fraction of sp³-hybridized carbons (Fsp3) is 0.227. The van der Waals surface area contributed by atoms with Crippen LogP contribution in [0.5, 0.6) is 0 Å². The number of aromatic nitrogens is 3. The van der Waals surface area contributed by atoms with Crippen molar-refractivity contribution in [2.75, 3.05) is 10.6 Å². The molecule has 2 aromatic carbocycles. The molecule has 0 fully saturated rings. The highest BCUT2D eigenvalue weighted by Gasteiger charge is 2.19. The molecule has 3 aromatic rings. The minimum atomic E-state index is -0.544. The zero-order valence-corrected chi connectivity index (χ0v) is 19.5. The molecule has 0 bridgehead atoms. The molecule has 0 unspecified atom stereocenters. The molecule has 0 saturated carbocycles. The second kappa shape index (κ2) is 9.97. The van der Waals surface area contributed by atoms with Crippen LogP contribution in [0.1, 0.15) is 25.0 Å². The topological polar surface area (TPSA) is 117 Å². The maximum absolute atomic E-state index is 12.8. The molecule has 1 atom stereocenters. The number of nitrogens with zero attached hydrogens (tertiary/aromatic N) is 2. The van der Waals surface area contributed by atoms with Gasteiger partial charge in [0.2, 0.25) is 11.8 Å². The number of benzene rings is 2. The molecule has 166 valence electrons. The Balaban J connectivity index is 1.81. The second-order valence-corrected chi connectivity index (χ2v) is 9.02. The summed E-state index contributed by atoms with van der Waals surface area (Å²) in [6.07, 6.45) is 0. The van der Waals surface area contributed by atoms with E-state index in [9.17, 15) is 14.4 Å². The van der Waals surface area contributed by atoms with E-state index in [0.29, 0.717) is 22.0 Å². The van der Waals surface area contributed by atoms with Crippen LogP contribution in [0, 0.1) is 13.8 Å². The van der Waals surface area contributed by atoms with Gasteiger partial charge in [-0.2, -0.15) is 0 Å². The summed E-state index contributed by atoms with van der Waals surface area (Å²) in [6.45, 7) is 6.83. The minimum Gasteiger partial charge on any atom is -0.325 e. The Labute approximate surface area is 194 Å². The summed E-state index contributed by atoms with van der Waals surface area (Å²) in [5.74, 6) is -0.512. The van der Waals surface area contributed by atoms with Crippen LogP contribution in [0.25, 0.3) is 11.3 Å². The number of hydrogen-bond donors (Lipinski definition) is 3. The van der Waals surface area contributed by atoms with Crippen molar-refractivity contribution in [1.82, 2.24) is 15.2 Å². The minimum absolute atomic E-state index is 0.0863. The van der Waals surface area contributed by atoms with Gasteiger partial charge < -0.3 is 10.6 Å². The molecule has 0 aliphatic heterocycles. The van der Waals surface area contributed by atoms with E-state index in [1.54, 1.807) is 37.3 Å². The highest BCUT2D eigenvalue weighted by Crippen LogP contribution is 2.30. The van der Waals surface area contributed by atoms with Crippen molar-refractivity contribution in [3.05, 3.63) is 62.9 Å². The van der Waals surface area contributed by atoms with Crippen molar-refractivity contribution in [3.8, 4) is 11.3 Å². The Morgan fingerprint density at radius 1 is 1.09 bits per heavy atom. The maximum Gasteiger partial charge on any atom is 0.278 e. The summed E-state index contributed by atoms with van der Waals surface area (Å²) in [5, 5.41) is 14.0. The van der Waals surface area contributed by atoms with Gasteiger partial charge >= 0.3 is 0 Å². The second-order valence-electron chi connectivity index (χ2n) is 7.25. The van der Waals surface area contributed by atoms with Crippen LogP contribution in [0.15, 0.2) is 46.3 Å². The molecule has 3 N–H and O–H groups in total. The van der Waals surface area contributed by atoms with Gasteiger partial charge in [0, 0.05) is 23.2 Å². The summed E-state index contributed by atoms with van der Waals surface area (Å²) in [6, 6.07) is 10.4. The molecule has 8 nitrogen and oxygen atoms in total. The number of H-pyrrole nitrogens is 1. The van der Waals surface area contributed by atoms with Crippen LogP contribution in [0.2, 0.25) is 5.02 Å². The van der Waals surface area contributed by atoms with Crippen LogP contribution in [-0.2, 0) is 9.59 Å². The predicted octanol–water partition coefficient (Wildman–Crippen LogP) is 4.18. The third-order valence-corrected chi connectivity index (χ3v) is 5.71. The first kappa shape index (κ1) is 23.5. The van der Waals surface area contributed by atoms with Gasteiger partial charge in [0.05, 0.1) is 10.9 Å². The van der Waals surface area contributed by atoms with Gasteiger partial charge in [0.25, 0.3) is 5.56 Å². The Bertz CT molecular complexity index is 1230. The first-order chi connectivity index (χ1) is 15.1. The number of thioether (sulfide) groups is 1. The van der Waals surface area contributed by atoms with E-state index in [0.717, 1.165) is 22.9 Å². The molecule has 10 heteroatoms. The lowest BCUT2D eigenvalue weighted by molar-refractivity contribution is -0.115. The fourth-order valence-electron chi connectivity index (χ4n) is 3.05. The van der Waals surface area contributed by atoms with Gasteiger partial charge in [0.1, 0.15) is 0 Å². The van der Waals surface area contributed by atoms with Crippen LogP contribution < -0.4 is 16.2 Å². The lowest BCUT2D eigenvalue weighted by Crippen LogP contribution is -2.23. The lowest BCUT2D eigenvalue weighted by atomic mass is 10.0. The number of aryl methyl sites for hydroxylation is 2. The van der Waals surface area contributed by atoms with E-state index in [4.69, 9.17) is 11.6 Å². The van der Waals surface area contributed by atoms with Crippen LogP contribution in [0.4, 0.5) is 11.4 Å². The van der Waals surface area contributed by atoms with Gasteiger partial charge in [-0.05, 0) is 56.7 Å². The largest absolute Gasteiger partial charge is 0.325 e. The highest BCUT2D eigenvalue weighted by atomic mass is 35.5. The van der Waals surface area contributed by atoms with Crippen LogP contribution >= 0.6 is 23.4 Å². The SMILES string of the molecule is CC(=O)Nc1c(C)cc(C)cc1-c1nnc(S[C@H](C)C(=O)Nc2ccc(Cl)cc2)[nH]c1=O. The average Bonchev–Trinajstić information content (AvgIpc) is 2.71. The van der Waals surface area contributed by atoms with E-state index in [2.05, 4.69) is 25.8 Å². The Morgan fingerprint density at radius 2 is 1.78 bits per heavy atom. The third-order valence-electron chi connectivity index (χ3n) is 4.48. The predicted molar refractivity (Wildman–Crippen MR) is 127 cm³/mol. The zero-order valence-electron chi connectivity index (χ0n) is 17.9. The van der Waals surface area contributed by atoms with E-state index < -0.39 is 10.8 Å². The average molecular weight is 472 g/mol. The normalized spacial score (nSPS) is 11.7. The number of carbonyl (C=O) groups excluding carboxylic acids is 2. The maximum atomic E-state index is 12.8. The van der Waals surface area contributed by atoms with Gasteiger partial charge in [-0.25, -0.2) is 0 Å². The number of anilines is 2. The van der Waals surface area contributed by atoms with Crippen LogP contribution in [-0.4, -0.2) is 32.2 Å². The zero-order chi connectivity index (χ0) is 23.4. The van der Waals surface area contributed by atoms with Crippen molar-refractivity contribution in [3.63, 3.8) is 0 Å². The molecule has 1 aromatic heterocycles. The summed E-state index contributed by atoms with van der Waals surface area (Å²) in [7, 11) is 0. The Kier molecular flexibility index (Phi) is 7.32. The molecular weight excluding hydrogens is 450 g/mol. The summed E-state index contributed by atoms with van der Waals surface area (Å²) in [5.41, 5.74) is 2.95. The smallest absolute Gasteiger partial charge is 0.278 e. The molecule has 0 radical (unpaired) electrons.